The van der Waals surface area contributed by atoms with E-state index in [0.717, 1.165) is 25.3 Å². The number of hydrogen-bond donors (Lipinski definition) is 2. The molecule has 0 radical (unpaired) electrons. The number of hydrogen-bond acceptors (Lipinski definition) is 3. The van der Waals surface area contributed by atoms with Gasteiger partial charge in [0.1, 0.15) is 5.84 Å². The number of amidine groups is 1. The number of benzene rings is 1. The Bertz CT molecular complexity index is 574. The maximum Gasteiger partial charge on any atom is 0.416 e. The van der Waals surface area contributed by atoms with E-state index in [-0.39, 0.29) is 18.1 Å². The van der Waals surface area contributed by atoms with Crippen molar-refractivity contribution in [1.29, 1.82) is 0 Å². The largest absolute Gasteiger partial charge is 0.478 e. The van der Waals surface area contributed by atoms with Crippen molar-refractivity contribution in [2.24, 2.45) is 4.99 Å². The Kier molecular flexibility index (Phi) is 6.22. The quantitative estimate of drug-likeness (QED) is 0.850. The summed E-state index contributed by atoms with van der Waals surface area (Å²) in [5.74, 6) is -0.796. The molecule has 0 amide bonds. The van der Waals surface area contributed by atoms with Gasteiger partial charge in [-0.3, -0.25) is 4.99 Å². The van der Waals surface area contributed by atoms with Crippen molar-refractivity contribution in [2.75, 3.05) is 11.9 Å². The summed E-state index contributed by atoms with van der Waals surface area (Å²) in [7, 11) is 0. The van der Waals surface area contributed by atoms with Crippen molar-refractivity contribution in [1.82, 2.24) is 0 Å². The number of alkyl halides is 3. The number of halogens is 4. The number of rotatable bonds is 2. The van der Waals surface area contributed by atoms with Crippen LogP contribution in [-0.4, -0.2) is 23.5 Å². The average Bonchev–Trinajstić information content (AvgIpc) is 2.66. The fourth-order valence-corrected chi connectivity index (χ4v) is 2.13. The summed E-state index contributed by atoms with van der Waals surface area (Å²) in [6.07, 6.45) is -1.05. The summed E-state index contributed by atoms with van der Waals surface area (Å²) in [6.45, 7) is 0.632. The Balaban J connectivity index is 0.00000242. The number of carboxylic acids is 1. The number of nitrogens with zero attached hydrogens (tertiary/aromatic N) is 1. The van der Waals surface area contributed by atoms with Crippen LogP contribution in [0.3, 0.4) is 0 Å². The molecule has 2 N–H and O–H groups in total. The van der Waals surface area contributed by atoms with Crippen LogP contribution in [0.15, 0.2) is 23.2 Å². The molecule has 8 heteroatoms. The van der Waals surface area contributed by atoms with Gasteiger partial charge < -0.3 is 10.4 Å². The number of aromatic carboxylic acids is 1. The summed E-state index contributed by atoms with van der Waals surface area (Å²) >= 11 is 0. The van der Waals surface area contributed by atoms with Crippen molar-refractivity contribution >= 4 is 29.9 Å². The van der Waals surface area contributed by atoms with Gasteiger partial charge in [0.25, 0.3) is 0 Å². The highest BCUT2D eigenvalue weighted by molar-refractivity contribution is 5.97. The molecule has 4 nitrogen and oxygen atoms in total. The second kappa shape index (κ2) is 7.49. The fourth-order valence-electron chi connectivity index (χ4n) is 2.13. The summed E-state index contributed by atoms with van der Waals surface area (Å²) in [5.41, 5.74) is -1.29. The first kappa shape index (κ1) is 18.3. The van der Waals surface area contributed by atoms with Crippen LogP contribution in [0.4, 0.5) is 18.9 Å². The molecule has 0 atom stereocenters. The normalized spacial score (nSPS) is 15.3. The lowest BCUT2D eigenvalue weighted by atomic mass is 10.1. The molecule has 1 aromatic rings. The van der Waals surface area contributed by atoms with Gasteiger partial charge in [-0.2, -0.15) is 13.2 Å². The van der Waals surface area contributed by atoms with Gasteiger partial charge >= 0.3 is 12.1 Å². The van der Waals surface area contributed by atoms with Gasteiger partial charge in [0, 0.05) is 18.7 Å². The van der Waals surface area contributed by atoms with Gasteiger partial charge in [0.15, 0.2) is 0 Å². The van der Waals surface area contributed by atoms with Crippen molar-refractivity contribution < 1.29 is 23.1 Å². The molecule has 0 spiro atoms. The molecule has 0 fully saturated rings. The fraction of sp³-hybridized carbons (Fsp3) is 0.429. The third-order valence-corrected chi connectivity index (χ3v) is 3.17. The highest BCUT2D eigenvalue weighted by Gasteiger charge is 2.32. The predicted molar refractivity (Wildman–Crippen MR) is 80.0 cm³/mol. The molecular weight excluding hydrogens is 321 g/mol. The second-order valence-corrected chi connectivity index (χ2v) is 4.87. The summed E-state index contributed by atoms with van der Waals surface area (Å²) in [4.78, 5) is 15.2. The average molecular weight is 337 g/mol. The number of anilines is 1. The first-order valence-electron chi connectivity index (χ1n) is 6.62. The lowest BCUT2D eigenvalue weighted by Crippen LogP contribution is -2.14. The minimum absolute atomic E-state index is 0. The monoisotopic (exact) mass is 336 g/mol. The van der Waals surface area contributed by atoms with Gasteiger partial charge in [-0.25, -0.2) is 4.79 Å². The van der Waals surface area contributed by atoms with Crippen LogP contribution in [-0.2, 0) is 6.18 Å². The van der Waals surface area contributed by atoms with Gasteiger partial charge in [-0.05, 0) is 31.0 Å². The molecule has 1 aromatic carbocycles. The van der Waals surface area contributed by atoms with Gasteiger partial charge in [0.05, 0.1) is 11.1 Å². The molecule has 0 saturated heterocycles. The van der Waals surface area contributed by atoms with E-state index < -0.39 is 23.3 Å². The lowest BCUT2D eigenvalue weighted by Gasteiger charge is -2.13. The number of carboxylic acid groups (broad SMARTS) is 1. The Morgan fingerprint density at radius 3 is 2.55 bits per heavy atom. The smallest absolute Gasteiger partial charge is 0.416 e. The van der Waals surface area contributed by atoms with E-state index in [9.17, 15) is 18.0 Å². The predicted octanol–water partition coefficient (Wildman–Crippen LogP) is 4.21. The van der Waals surface area contributed by atoms with Gasteiger partial charge in [-0.1, -0.05) is 6.42 Å². The van der Waals surface area contributed by atoms with Crippen LogP contribution in [0.2, 0.25) is 0 Å². The Morgan fingerprint density at radius 2 is 1.91 bits per heavy atom. The summed E-state index contributed by atoms with van der Waals surface area (Å²) in [6, 6.07) is 2.72. The molecule has 0 aromatic heterocycles. The SMILES string of the molecule is Cl.O=C(O)c1cc(NC2=NCCCCC2)cc(C(F)(F)F)c1. The van der Waals surface area contributed by atoms with Crippen molar-refractivity contribution in [3.8, 4) is 0 Å². The topological polar surface area (TPSA) is 61.7 Å². The molecule has 0 saturated carbocycles. The molecule has 0 aliphatic carbocycles. The van der Waals surface area contributed by atoms with Crippen LogP contribution in [0, 0.1) is 0 Å². The van der Waals surface area contributed by atoms with E-state index in [4.69, 9.17) is 5.11 Å². The van der Waals surface area contributed by atoms with Crippen molar-refractivity contribution in [2.45, 2.75) is 31.9 Å². The standard InChI is InChI=1S/C14H15F3N2O2.ClH/c15-14(16,17)10-6-9(13(20)21)7-11(8-10)19-12-4-2-1-3-5-18-12;/h6-8H,1-5H2,(H,18,19)(H,20,21);1H. The minimum Gasteiger partial charge on any atom is -0.478 e. The van der Waals surface area contributed by atoms with E-state index in [1.54, 1.807) is 0 Å². The maximum absolute atomic E-state index is 12.8. The molecule has 1 aliphatic heterocycles. The summed E-state index contributed by atoms with van der Waals surface area (Å²) in [5, 5.41) is 11.7. The number of carbonyl (C=O) groups is 1. The Morgan fingerprint density at radius 1 is 1.18 bits per heavy atom. The van der Waals surface area contributed by atoms with E-state index in [1.165, 1.54) is 6.07 Å². The molecule has 122 valence electrons. The maximum atomic E-state index is 12.8. The van der Waals surface area contributed by atoms with Crippen LogP contribution in [0.25, 0.3) is 0 Å². The van der Waals surface area contributed by atoms with Crippen LogP contribution in [0.5, 0.6) is 0 Å². The zero-order chi connectivity index (χ0) is 15.5. The molecule has 2 rings (SSSR count). The van der Waals surface area contributed by atoms with E-state index in [2.05, 4.69) is 10.3 Å². The zero-order valence-corrected chi connectivity index (χ0v) is 12.4. The minimum atomic E-state index is -4.59. The highest BCUT2D eigenvalue weighted by atomic mass is 35.5. The first-order chi connectivity index (χ1) is 9.86. The number of aliphatic imine (C=N–C) groups is 1. The highest BCUT2D eigenvalue weighted by Crippen LogP contribution is 2.32. The van der Waals surface area contributed by atoms with Crippen molar-refractivity contribution in [3.05, 3.63) is 29.3 Å². The molecular formula is C14H16ClF3N2O2. The lowest BCUT2D eigenvalue weighted by molar-refractivity contribution is -0.137. The van der Waals surface area contributed by atoms with Gasteiger partial charge in [-0.15, -0.1) is 12.4 Å². The number of nitrogens with one attached hydrogen (secondary N) is 1. The van der Waals surface area contributed by atoms with E-state index >= 15 is 0 Å². The molecule has 22 heavy (non-hydrogen) atoms. The van der Waals surface area contributed by atoms with Crippen LogP contribution in [0.1, 0.15) is 41.6 Å². The van der Waals surface area contributed by atoms with Crippen LogP contribution < -0.4 is 5.32 Å². The van der Waals surface area contributed by atoms with Crippen molar-refractivity contribution in [3.63, 3.8) is 0 Å². The molecule has 0 unspecified atom stereocenters. The second-order valence-electron chi connectivity index (χ2n) is 4.87. The molecule has 1 aliphatic rings. The summed E-state index contributed by atoms with van der Waals surface area (Å²) < 4.78 is 38.4. The first-order valence-corrected chi connectivity index (χ1v) is 6.62. The third kappa shape index (κ3) is 4.91. The third-order valence-electron chi connectivity index (χ3n) is 3.17. The Labute approximate surface area is 131 Å². The van der Waals surface area contributed by atoms with E-state index in [1.807, 2.05) is 0 Å². The molecule has 1 heterocycles. The van der Waals surface area contributed by atoms with Crippen LogP contribution >= 0.6 is 12.4 Å². The zero-order valence-electron chi connectivity index (χ0n) is 11.6. The Hall–Kier alpha value is -1.76. The molecule has 0 bridgehead atoms. The van der Waals surface area contributed by atoms with E-state index in [0.29, 0.717) is 24.9 Å². The van der Waals surface area contributed by atoms with Gasteiger partial charge in [0.2, 0.25) is 0 Å².